The fraction of sp³-hybridized carbons (Fsp3) is 0.894. The number of unbranched alkanes of at least 4 members (excludes halogenated alkanes) is 28. The molecule has 8 nitrogen and oxygen atoms in total. The van der Waals surface area contributed by atoms with E-state index in [0.29, 0.717) is 17.4 Å². The molecule has 0 rings (SSSR count). The first-order chi connectivity index (χ1) is 27.0. The molecule has 0 bridgehead atoms. The van der Waals surface area contributed by atoms with E-state index in [1.807, 2.05) is 27.2 Å². The summed E-state index contributed by atoms with van der Waals surface area (Å²) in [6, 6.07) is -0.857. The number of rotatable bonds is 43. The van der Waals surface area contributed by atoms with Gasteiger partial charge in [0, 0.05) is 6.42 Å². The third-order valence-electron chi connectivity index (χ3n) is 10.7. The van der Waals surface area contributed by atoms with E-state index >= 15 is 0 Å². The van der Waals surface area contributed by atoms with Gasteiger partial charge in [0.1, 0.15) is 13.2 Å². The highest BCUT2D eigenvalue weighted by Gasteiger charge is 2.27. The van der Waals surface area contributed by atoms with Crippen LogP contribution in [0.25, 0.3) is 0 Å². The lowest BCUT2D eigenvalue weighted by molar-refractivity contribution is -0.870. The van der Waals surface area contributed by atoms with Crippen molar-refractivity contribution in [1.29, 1.82) is 0 Å². The summed E-state index contributed by atoms with van der Waals surface area (Å²) in [7, 11) is 1.56. The van der Waals surface area contributed by atoms with Crippen molar-refractivity contribution < 1.29 is 32.9 Å². The van der Waals surface area contributed by atoms with Crippen LogP contribution in [0.1, 0.15) is 219 Å². The molecule has 0 aliphatic rings. The Bertz CT molecular complexity index is 969. The van der Waals surface area contributed by atoms with Crippen molar-refractivity contribution in [3.63, 3.8) is 0 Å². The fourth-order valence-corrected chi connectivity index (χ4v) is 7.62. The van der Waals surface area contributed by atoms with Gasteiger partial charge in [-0.05, 0) is 32.1 Å². The molecule has 0 aliphatic carbocycles. The van der Waals surface area contributed by atoms with Crippen LogP contribution in [-0.4, -0.2) is 73.4 Å². The van der Waals surface area contributed by atoms with Gasteiger partial charge in [0.25, 0.3) is 0 Å². The van der Waals surface area contributed by atoms with Crippen molar-refractivity contribution in [2.24, 2.45) is 0 Å². The summed E-state index contributed by atoms with van der Waals surface area (Å²) in [5.74, 6) is -0.185. The molecule has 3 unspecified atom stereocenters. The van der Waals surface area contributed by atoms with Gasteiger partial charge in [0.05, 0.1) is 39.9 Å². The van der Waals surface area contributed by atoms with Crippen LogP contribution in [0.3, 0.4) is 0 Å². The molecule has 0 aliphatic heterocycles. The number of aliphatic hydroxyl groups is 1. The summed E-state index contributed by atoms with van der Waals surface area (Å²) >= 11 is 0. The minimum Gasteiger partial charge on any atom is -0.387 e. The van der Waals surface area contributed by atoms with Crippen LogP contribution in [0.2, 0.25) is 0 Å². The number of nitrogens with one attached hydrogen (secondary N) is 1. The van der Waals surface area contributed by atoms with E-state index in [0.717, 1.165) is 38.5 Å². The average Bonchev–Trinajstić information content (AvgIpc) is 3.15. The van der Waals surface area contributed by atoms with Gasteiger partial charge in [-0.3, -0.25) is 13.8 Å². The summed E-state index contributed by atoms with van der Waals surface area (Å²) in [4.78, 5) is 23.1. The van der Waals surface area contributed by atoms with Crippen LogP contribution in [0.4, 0.5) is 0 Å². The molecule has 1 amide bonds. The third-order valence-corrected chi connectivity index (χ3v) is 11.7. The second-order valence-electron chi connectivity index (χ2n) is 17.5. The standard InChI is InChI=1S/C47H93N2O6P/c1-6-8-10-12-14-16-18-20-21-22-23-24-25-26-27-28-29-31-33-35-37-39-41-47(51)48-45(44-55-56(52,53)54-43-42-49(3,4)5)46(50)40-38-36-34-32-30-19-17-15-13-11-9-7-2/h30,32,38,40,45-46,50H,6-29,31,33-37,39,41-44H2,1-5H3,(H-,48,51,52,53)/p+1/b32-30+,40-38+. The predicted molar refractivity (Wildman–Crippen MR) is 240 cm³/mol. The number of quaternary nitrogens is 1. The molecular formula is C47H94N2O6P+. The largest absolute Gasteiger partial charge is 0.472 e. The number of carbonyl (C=O) groups excluding carboxylic acids is 1. The van der Waals surface area contributed by atoms with Gasteiger partial charge < -0.3 is 19.8 Å². The smallest absolute Gasteiger partial charge is 0.387 e. The van der Waals surface area contributed by atoms with Crippen LogP contribution in [0.15, 0.2) is 24.3 Å². The molecule has 0 aromatic rings. The first-order valence-corrected chi connectivity index (χ1v) is 25.2. The minimum absolute atomic E-state index is 0.0582. The molecule has 0 spiro atoms. The summed E-state index contributed by atoms with van der Waals surface area (Å²) in [5.41, 5.74) is 0. The zero-order valence-electron chi connectivity index (χ0n) is 37.6. The highest BCUT2D eigenvalue weighted by Crippen LogP contribution is 2.43. The Balaban J connectivity index is 4.26. The molecule has 0 radical (unpaired) electrons. The SMILES string of the molecule is CCCCCCCC/C=C/CC/C=C/C(O)C(COP(=O)(O)OCC[N+](C)(C)C)NC(=O)CCCCCCCCCCCCCCCCCCCCCCCC. The second-order valence-corrected chi connectivity index (χ2v) is 18.9. The van der Waals surface area contributed by atoms with Gasteiger partial charge in [-0.25, -0.2) is 4.57 Å². The zero-order chi connectivity index (χ0) is 41.4. The van der Waals surface area contributed by atoms with E-state index in [1.165, 1.54) is 161 Å². The van der Waals surface area contributed by atoms with Crippen LogP contribution in [0.5, 0.6) is 0 Å². The van der Waals surface area contributed by atoms with E-state index in [4.69, 9.17) is 9.05 Å². The molecule has 3 atom stereocenters. The molecule has 0 saturated carbocycles. The Labute approximate surface area is 347 Å². The van der Waals surface area contributed by atoms with Crippen LogP contribution >= 0.6 is 7.82 Å². The number of carbonyl (C=O) groups is 1. The molecule has 332 valence electrons. The zero-order valence-corrected chi connectivity index (χ0v) is 38.5. The van der Waals surface area contributed by atoms with Gasteiger partial charge in [0.15, 0.2) is 0 Å². The monoisotopic (exact) mass is 814 g/mol. The Morgan fingerprint density at radius 1 is 0.589 bits per heavy atom. The van der Waals surface area contributed by atoms with Crippen molar-refractivity contribution in [3.8, 4) is 0 Å². The number of nitrogens with zero attached hydrogens (tertiary/aromatic N) is 1. The van der Waals surface area contributed by atoms with Crippen molar-refractivity contribution in [2.75, 3.05) is 40.9 Å². The molecule has 56 heavy (non-hydrogen) atoms. The van der Waals surface area contributed by atoms with Gasteiger partial charge in [-0.2, -0.15) is 0 Å². The highest BCUT2D eigenvalue weighted by molar-refractivity contribution is 7.47. The van der Waals surface area contributed by atoms with Crippen LogP contribution in [-0.2, 0) is 18.4 Å². The topological polar surface area (TPSA) is 105 Å². The number of phosphoric acid groups is 1. The normalized spacial score (nSPS) is 14.5. The number of phosphoric ester groups is 1. The summed E-state index contributed by atoms with van der Waals surface area (Å²) in [5, 5.41) is 13.8. The molecular weight excluding hydrogens is 719 g/mol. The lowest BCUT2D eigenvalue weighted by Gasteiger charge is -2.25. The second kappa shape index (κ2) is 39.4. The number of amides is 1. The third kappa shape index (κ3) is 41.2. The number of likely N-dealkylation sites (N-methyl/N-ethyl adjacent to an activating group) is 1. The Morgan fingerprint density at radius 2 is 0.982 bits per heavy atom. The lowest BCUT2D eigenvalue weighted by Crippen LogP contribution is -2.45. The van der Waals surface area contributed by atoms with Crippen molar-refractivity contribution in [2.45, 2.75) is 231 Å². The van der Waals surface area contributed by atoms with E-state index < -0.39 is 20.0 Å². The highest BCUT2D eigenvalue weighted by atomic mass is 31.2. The maximum atomic E-state index is 12.9. The molecule has 0 aromatic carbocycles. The van der Waals surface area contributed by atoms with Crippen molar-refractivity contribution in [1.82, 2.24) is 5.32 Å². The van der Waals surface area contributed by atoms with Crippen LogP contribution < -0.4 is 5.32 Å². The number of hydrogen-bond acceptors (Lipinski definition) is 5. The van der Waals surface area contributed by atoms with E-state index in [2.05, 4.69) is 31.3 Å². The summed E-state index contributed by atoms with van der Waals surface area (Å²) < 4.78 is 23.5. The van der Waals surface area contributed by atoms with Crippen molar-refractivity contribution in [3.05, 3.63) is 24.3 Å². The maximum Gasteiger partial charge on any atom is 0.472 e. The summed E-state index contributed by atoms with van der Waals surface area (Å²) in [6.45, 7) is 4.79. The van der Waals surface area contributed by atoms with Gasteiger partial charge in [-0.15, -0.1) is 0 Å². The van der Waals surface area contributed by atoms with Gasteiger partial charge in [0.2, 0.25) is 5.91 Å². The van der Waals surface area contributed by atoms with Gasteiger partial charge >= 0.3 is 7.82 Å². The number of allylic oxidation sites excluding steroid dienone is 3. The van der Waals surface area contributed by atoms with E-state index in [1.54, 1.807) is 6.08 Å². The van der Waals surface area contributed by atoms with Gasteiger partial charge in [-0.1, -0.05) is 205 Å². The molecule has 0 aromatic heterocycles. The number of aliphatic hydroxyl groups excluding tert-OH is 1. The number of hydrogen-bond donors (Lipinski definition) is 3. The molecule has 0 heterocycles. The van der Waals surface area contributed by atoms with E-state index in [-0.39, 0.29) is 19.1 Å². The minimum atomic E-state index is -4.34. The Kier molecular flexibility index (Phi) is 38.7. The fourth-order valence-electron chi connectivity index (χ4n) is 6.88. The van der Waals surface area contributed by atoms with Crippen molar-refractivity contribution >= 4 is 13.7 Å². The quantitative estimate of drug-likeness (QED) is 0.0245. The predicted octanol–water partition coefficient (Wildman–Crippen LogP) is 13.3. The summed E-state index contributed by atoms with van der Waals surface area (Å²) in [6.07, 6.45) is 46.9. The Hall–Kier alpha value is -1.02. The van der Waals surface area contributed by atoms with E-state index in [9.17, 15) is 19.4 Å². The first kappa shape index (κ1) is 55.0. The maximum absolute atomic E-state index is 12.9. The average molecular weight is 814 g/mol. The Morgan fingerprint density at radius 3 is 1.43 bits per heavy atom. The van der Waals surface area contributed by atoms with Crippen LogP contribution in [0, 0.1) is 0 Å². The molecule has 3 N–H and O–H groups in total. The molecule has 0 saturated heterocycles. The first-order valence-electron chi connectivity index (χ1n) is 23.7. The molecule has 0 fully saturated rings. The lowest BCUT2D eigenvalue weighted by atomic mass is 10.0. The molecule has 9 heteroatoms.